The summed E-state index contributed by atoms with van der Waals surface area (Å²) >= 11 is 0. The Morgan fingerprint density at radius 3 is 2.65 bits per heavy atom. The van der Waals surface area contributed by atoms with Gasteiger partial charge < -0.3 is 9.64 Å². The predicted molar refractivity (Wildman–Crippen MR) is 112 cm³/mol. The number of hydrogen-bond donors (Lipinski definition) is 0. The topological polar surface area (TPSA) is 45.1 Å². The van der Waals surface area contributed by atoms with E-state index in [1.165, 1.54) is 11.6 Å². The van der Waals surface area contributed by atoms with E-state index in [0.29, 0.717) is 56.9 Å². The van der Waals surface area contributed by atoms with Crippen molar-refractivity contribution in [2.75, 3.05) is 53.0 Å². The number of hydrogen-bond acceptors (Lipinski definition) is 4. The fourth-order valence-corrected chi connectivity index (χ4v) is 4.81. The van der Waals surface area contributed by atoms with Gasteiger partial charge in [-0.1, -0.05) is 18.2 Å². The van der Waals surface area contributed by atoms with Crippen molar-refractivity contribution in [3.8, 4) is 0 Å². The van der Waals surface area contributed by atoms with Crippen molar-refractivity contribution in [2.45, 2.75) is 31.4 Å². The van der Waals surface area contributed by atoms with Crippen molar-refractivity contribution in [3.63, 3.8) is 0 Å². The number of ether oxygens (including phenoxy) is 1. The number of rotatable bonds is 5. The Hall–Kier alpha value is -2.19. The first kappa shape index (κ1) is 22.0. The molecule has 3 aliphatic heterocycles. The van der Waals surface area contributed by atoms with Crippen LogP contribution in [0.5, 0.6) is 0 Å². The monoisotopic (exact) mass is 435 g/mol. The average Bonchev–Trinajstić information content (AvgIpc) is 3.20. The van der Waals surface area contributed by atoms with Crippen molar-refractivity contribution in [3.05, 3.63) is 46.5 Å². The minimum absolute atomic E-state index is 0.0823. The van der Waals surface area contributed by atoms with Crippen LogP contribution in [0.25, 0.3) is 0 Å². The number of piperidine rings is 1. The highest BCUT2D eigenvalue weighted by molar-refractivity contribution is 6.46. The highest BCUT2D eigenvalue weighted by Gasteiger charge is 2.37. The molecule has 31 heavy (non-hydrogen) atoms. The summed E-state index contributed by atoms with van der Waals surface area (Å²) in [6.07, 6.45) is -2.40. The van der Waals surface area contributed by atoms with Gasteiger partial charge in [-0.25, -0.2) is 0 Å². The van der Waals surface area contributed by atoms with Crippen molar-refractivity contribution >= 4 is 11.6 Å². The molecule has 0 radical (unpaired) electrons. The first-order valence-corrected chi connectivity index (χ1v) is 10.8. The summed E-state index contributed by atoms with van der Waals surface area (Å²) in [6, 6.07) is 5.79. The molecule has 3 aliphatic rings. The molecule has 4 rings (SSSR count). The van der Waals surface area contributed by atoms with Crippen molar-refractivity contribution in [2.24, 2.45) is 4.99 Å². The standard InChI is InChI=1S/C23H28F3N3O2/c1-31-13-12-28-9-6-17-14-27-21(19(17)15-28)22(30)29-10-7-16(8-11-29)18-4-2-3-5-20(18)23(24,25)26/h2-5,16H,6-15H2,1H3. The van der Waals surface area contributed by atoms with Gasteiger partial charge in [0.2, 0.25) is 0 Å². The smallest absolute Gasteiger partial charge is 0.383 e. The van der Waals surface area contributed by atoms with Crippen molar-refractivity contribution < 1.29 is 22.7 Å². The van der Waals surface area contributed by atoms with Crippen LogP contribution in [0.3, 0.4) is 0 Å². The number of carbonyl (C=O) groups excluding carboxylic acids is 1. The van der Waals surface area contributed by atoms with Crippen LogP contribution in [0.15, 0.2) is 40.4 Å². The van der Waals surface area contributed by atoms with Crippen LogP contribution >= 0.6 is 0 Å². The minimum atomic E-state index is -4.36. The molecular formula is C23H28F3N3O2. The molecule has 0 aromatic heterocycles. The first-order valence-electron chi connectivity index (χ1n) is 10.8. The maximum Gasteiger partial charge on any atom is 0.416 e. The van der Waals surface area contributed by atoms with Crippen LogP contribution in [-0.2, 0) is 15.7 Å². The SMILES string of the molecule is COCCN1CCC2=C(C1)C(C(=O)N1CCC(c3ccccc3C(F)(F)F)CC1)=NC2. The Morgan fingerprint density at radius 2 is 1.94 bits per heavy atom. The molecule has 1 aromatic carbocycles. The number of amides is 1. The molecule has 1 aromatic rings. The van der Waals surface area contributed by atoms with Crippen molar-refractivity contribution in [1.29, 1.82) is 0 Å². The first-order chi connectivity index (χ1) is 14.9. The minimum Gasteiger partial charge on any atom is -0.383 e. The molecular weight excluding hydrogens is 407 g/mol. The molecule has 1 fully saturated rings. The Morgan fingerprint density at radius 1 is 1.19 bits per heavy atom. The van der Waals surface area contributed by atoms with Gasteiger partial charge in [-0.15, -0.1) is 0 Å². The van der Waals surface area contributed by atoms with Gasteiger partial charge in [0.05, 0.1) is 18.7 Å². The molecule has 1 amide bonds. The second-order valence-corrected chi connectivity index (χ2v) is 8.42. The van der Waals surface area contributed by atoms with Gasteiger partial charge in [-0.3, -0.25) is 14.7 Å². The van der Waals surface area contributed by atoms with Crippen LogP contribution in [0, 0.1) is 0 Å². The Kier molecular flexibility index (Phi) is 6.48. The lowest BCUT2D eigenvalue weighted by molar-refractivity contribution is -0.138. The Balaban J connectivity index is 1.40. The lowest BCUT2D eigenvalue weighted by Gasteiger charge is -2.34. The van der Waals surface area contributed by atoms with Gasteiger partial charge in [-0.2, -0.15) is 13.2 Å². The van der Waals surface area contributed by atoms with Gasteiger partial charge in [-0.05, 0) is 48.0 Å². The molecule has 0 bridgehead atoms. The lowest BCUT2D eigenvalue weighted by Crippen LogP contribution is -2.44. The van der Waals surface area contributed by atoms with E-state index >= 15 is 0 Å². The zero-order valence-electron chi connectivity index (χ0n) is 17.7. The molecule has 168 valence electrons. The Bertz CT molecular complexity index is 886. The van der Waals surface area contributed by atoms with E-state index in [2.05, 4.69) is 9.89 Å². The van der Waals surface area contributed by atoms with Crippen LogP contribution in [0.2, 0.25) is 0 Å². The summed E-state index contributed by atoms with van der Waals surface area (Å²) in [4.78, 5) is 21.8. The van der Waals surface area contributed by atoms with E-state index in [-0.39, 0.29) is 11.8 Å². The van der Waals surface area contributed by atoms with Crippen LogP contribution in [-0.4, -0.2) is 74.4 Å². The summed E-state index contributed by atoms with van der Waals surface area (Å²) in [6.45, 7) is 4.61. The molecule has 5 nitrogen and oxygen atoms in total. The number of benzene rings is 1. The predicted octanol–water partition coefficient (Wildman–Crippen LogP) is 3.51. The highest BCUT2D eigenvalue weighted by atomic mass is 19.4. The second kappa shape index (κ2) is 9.12. The number of alkyl halides is 3. The molecule has 0 unspecified atom stereocenters. The molecule has 1 saturated heterocycles. The highest BCUT2D eigenvalue weighted by Crippen LogP contribution is 2.38. The third-order valence-corrected chi connectivity index (χ3v) is 6.55. The molecule has 0 saturated carbocycles. The number of nitrogens with zero attached hydrogens (tertiary/aromatic N) is 3. The molecule has 8 heteroatoms. The quantitative estimate of drug-likeness (QED) is 0.711. The molecule has 0 aliphatic carbocycles. The van der Waals surface area contributed by atoms with Crippen molar-refractivity contribution in [1.82, 2.24) is 9.80 Å². The zero-order valence-corrected chi connectivity index (χ0v) is 17.7. The average molecular weight is 435 g/mol. The summed E-state index contributed by atoms with van der Waals surface area (Å²) in [7, 11) is 1.68. The second-order valence-electron chi connectivity index (χ2n) is 8.42. The molecule has 0 spiro atoms. The van der Waals surface area contributed by atoms with Gasteiger partial charge in [0.15, 0.2) is 0 Å². The maximum absolute atomic E-state index is 13.4. The van der Waals surface area contributed by atoms with E-state index in [1.54, 1.807) is 24.1 Å². The van der Waals surface area contributed by atoms with Crippen LogP contribution in [0.4, 0.5) is 13.2 Å². The number of aliphatic imine (C=N–C) groups is 1. The normalized spacial score (nSPS) is 20.8. The van der Waals surface area contributed by atoms with E-state index in [4.69, 9.17) is 4.74 Å². The van der Waals surface area contributed by atoms with Crippen LogP contribution in [0.1, 0.15) is 36.3 Å². The van der Waals surface area contributed by atoms with E-state index in [1.807, 2.05) is 0 Å². The largest absolute Gasteiger partial charge is 0.416 e. The number of carbonyl (C=O) groups is 1. The lowest BCUT2D eigenvalue weighted by atomic mass is 9.86. The van der Waals surface area contributed by atoms with Gasteiger partial charge >= 0.3 is 6.18 Å². The maximum atomic E-state index is 13.4. The number of halogens is 3. The fourth-order valence-electron chi connectivity index (χ4n) is 4.81. The van der Waals surface area contributed by atoms with Gasteiger partial charge in [0, 0.05) is 39.8 Å². The molecule has 0 N–H and O–H groups in total. The van der Waals surface area contributed by atoms with E-state index in [0.717, 1.165) is 31.1 Å². The van der Waals surface area contributed by atoms with E-state index < -0.39 is 11.7 Å². The van der Waals surface area contributed by atoms with Crippen LogP contribution < -0.4 is 0 Å². The zero-order chi connectivity index (χ0) is 22.0. The van der Waals surface area contributed by atoms with E-state index in [9.17, 15) is 18.0 Å². The summed E-state index contributed by atoms with van der Waals surface area (Å²) in [5.41, 5.74) is 2.61. The Labute approximate surface area is 180 Å². The summed E-state index contributed by atoms with van der Waals surface area (Å²) < 4.78 is 45.3. The van der Waals surface area contributed by atoms with Gasteiger partial charge in [0.1, 0.15) is 5.71 Å². The molecule has 0 atom stereocenters. The number of methoxy groups -OCH3 is 1. The number of likely N-dealkylation sites (tertiary alicyclic amines) is 1. The van der Waals surface area contributed by atoms with Gasteiger partial charge in [0.25, 0.3) is 5.91 Å². The molecule has 3 heterocycles. The fraction of sp³-hybridized carbons (Fsp3) is 0.565. The third-order valence-electron chi connectivity index (χ3n) is 6.55. The third kappa shape index (κ3) is 4.70. The summed E-state index contributed by atoms with van der Waals surface area (Å²) in [5, 5.41) is 0. The summed E-state index contributed by atoms with van der Waals surface area (Å²) in [5.74, 6) is -0.275.